The summed E-state index contributed by atoms with van der Waals surface area (Å²) >= 11 is 30.9. The van der Waals surface area contributed by atoms with E-state index in [1.54, 1.807) is 6.07 Å². The highest BCUT2D eigenvalue weighted by atomic mass is 35.5. The second kappa shape index (κ2) is 7.41. The molecule has 0 bridgehead atoms. The van der Waals surface area contributed by atoms with Crippen LogP contribution in [0.3, 0.4) is 0 Å². The lowest BCUT2D eigenvalue weighted by Gasteiger charge is -2.15. The van der Waals surface area contributed by atoms with Crippen LogP contribution in [0.5, 0.6) is 0 Å². The van der Waals surface area contributed by atoms with E-state index in [-0.39, 0.29) is 5.02 Å². The van der Waals surface area contributed by atoms with Crippen molar-refractivity contribution in [2.24, 2.45) is 0 Å². The van der Waals surface area contributed by atoms with Crippen LogP contribution in [-0.2, 0) is 6.54 Å². The van der Waals surface area contributed by atoms with Crippen molar-refractivity contribution < 1.29 is 0 Å². The maximum absolute atomic E-state index is 6.33. The Kier molecular flexibility index (Phi) is 6.07. The lowest BCUT2D eigenvalue weighted by molar-refractivity contribution is 0.728. The van der Waals surface area contributed by atoms with E-state index in [1.807, 2.05) is 25.1 Å². The Labute approximate surface area is 149 Å². The summed E-state index contributed by atoms with van der Waals surface area (Å²) in [6, 6.07) is 7.18. The predicted molar refractivity (Wildman–Crippen MR) is 94.3 cm³/mol. The molecule has 21 heavy (non-hydrogen) atoms. The van der Waals surface area contributed by atoms with E-state index in [0.717, 1.165) is 17.7 Å². The normalized spacial score (nSPS) is 11.0. The van der Waals surface area contributed by atoms with Crippen LogP contribution in [0, 0.1) is 0 Å². The molecule has 1 nitrogen and oxygen atoms in total. The average Bonchev–Trinajstić information content (AvgIpc) is 2.44. The standard InChI is InChI=1S/C15H12Cl5N/c1-2-21-7-8-3-4-9(16)5-10(8)13-11(17)6-12(18)14(19)15(13)20/h3-6,21H,2,7H2,1H3. The Morgan fingerprint density at radius 1 is 0.905 bits per heavy atom. The molecule has 0 saturated carbocycles. The van der Waals surface area contributed by atoms with Crippen molar-refractivity contribution in [2.45, 2.75) is 13.5 Å². The van der Waals surface area contributed by atoms with E-state index in [0.29, 0.717) is 32.2 Å². The summed E-state index contributed by atoms with van der Waals surface area (Å²) in [6.07, 6.45) is 0. The fraction of sp³-hybridized carbons (Fsp3) is 0.200. The lowest BCUT2D eigenvalue weighted by atomic mass is 9.99. The SMILES string of the molecule is CCNCc1ccc(Cl)cc1-c1c(Cl)cc(Cl)c(Cl)c1Cl. The van der Waals surface area contributed by atoms with Gasteiger partial charge in [-0.15, -0.1) is 0 Å². The van der Waals surface area contributed by atoms with Gasteiger partial charge in [0.1, 0.15) is 0 Å². The van der Waals surface area contributed by atoms with Gasteiger partial charge in [-0.1, -0.05) is 71.0 Å². The first-order chi connectivity index (χ1) is 9.95. The zero-order valence-corrected chi connectivity index (χ0v) is 14.9. The fourth-order valence-electron chi connectivity index (χ4n) is 2.01. The quantitative estimate of drug-likeness (QED) is 0.456. The zero-order valence-electron chi connectivity index (χ0n) is 11.1. The van der Waals surface area contributed by atoms with E-state index in [9.17, 15) is 0 Å². The molecular weight excluding hydrogens is 371 g/mol. The van der Waals surface area contributed by atoms with Crippen LogP contribution in [0.15, 0.2) is 24.3 Å². The van der Waals surface area contributed by atoms with Crippen LogP contribution >= 0.6 is 58.0 Å². The minimum absolute atomic E-state index is 0.284. The van der Waals surface area contributed by atoms with E-state index in [4.69, 9.17) is 58.0 Å². The number of rotatable bonds is 4. The van der Waals surface area contributed by atoms with Gasteiger partial charge in [0.25, 0.3) is 0 Å². The van der Waals surface area contributed by atoms with Crippen molar-refractivity contribution in [3.8, 4) is 11.1 Å². The second-order valence-electron chi connectivity index (χ2n) is 4.42. The summed E-state index contributed by atoms with van der Waals surface area (Å²) in [5, 5.41) is 5.25. The molecule has 2 aromatic rings. The number of nitrogens with one attached hydrogen (secondary N) is 1. The molecular formula is C15H12Cl5N. The predicted octanol–water partition coefficient (Wildman–Crippen LogP) is 6.73. The molecule has 2 rings (SSSR count). The van der Waals surface area contributed by atoms with Crippen molar-refractivity contribution in [1.29, 1.82) is 0 Å². The zero-order chi connectivity index (χ0) is 15.6. The van der Waals surface area contributed by atoms with Crippen LogP contribution in [0.1, 0.15) is 12.5 Å². The topological polar surface area (TPSA) is 12.0 Å². The minimum Gasteiger partial charge on any atom is -0.313 e. The molecule has 0 aliphatic carbocycles. The van der Waals surface area contributed by atoms with Crippen LogP contribution in [-0.4, -0.2) is 6.54 Å². The highest BCUT2D eigenvalue weighted by Crippen LogP contribution is 2.44. The summed E-state index contributed by atoms with van der Waals surface area (Å²) in [6.45, 7) is 3.56. The minimum atomic E-state index is 0.284. The molecule has 0 radical (unpaired) electrons. The van der Waals surface area contributed by atoms with Gasteiger partial charge < -0.3 is 5.32 Å². The van der Waals surface area contributed by atoms with Gasteiger partial charge in [0.05, 0.1) is 20.1 Å². The third-order valence-electron chi connectivity index (χ3n) is 3.02. The van der Waals surface area contributed by atoms with Crippen molar-refractivity contribution in [3.63, 3.8) is 0 Å². The monoisotopic (exact) mass is 381 g/mol. The van der Waals surface area contributed by atoms with Gasteiger partial charge in [0.2, 0.25) is 0 Å². The van der Waals surface area contributed by atoms with Gasteiger partial charge in [-0.2, -0.15) is 0 Å². The Morgan fingerprint density at radius 3 is 2.29 bits per heavy atom. The molecule has 0 aliphatic heterocycles. The van der Waals surface area contributed by atoms with Crippen molar-refractivity contribution in [1.82, 2.24) is 5.32 Å². The molecule has 1 N–H and O–H groups in total. The molecule has 0 unspecified atom stereocenters. The third kappa shape index (κ3) is 3.79. The van der Waals surface area contributed by atoms with Gasteiger partial charge in [0.15, 0.2) is 0 Å². The molecule has 2 aromatic carbocycles. The van der Waals surface area contributed by atoms with Gasteiger partial charge in [-0.05, 0) is 35.9 Å². The van der Waals surface area contributed by atoms with Gasteiger partial charge >= 0.3 is 0 Å². The van der Waals surface area contributed by atoms with Crippen LogP contribution < -0.4 is 5.32 Å². The van der Waals surface area contributed by atoms with Crippen LogP contribution in [0.2, 0.25) is 25.1 Å². The summed E-state index contributed by atoms with van der Waals surface area (Å²) in [5.41, 5.74) is 2.52. The van der Waals surface area contributed by atoms with E-state index in [2.05, 4.69) is 5.32 Å². The lowest BCUT2D eigenvalue weighted by Crippen LogP contribution is -2.12. The van der Waals surface area contributed by atoms with Gasteiger partial charge in [0, 0.05) is 17.1 Å². The maximum Gasteiger partial charge on any atom is 0.0785 e. The highest BCUT2D eigenvalue weighted by Gasteiger charge is 2.18. The van der Waals surface area contributed by atoms with Gasteiger partial charge in [-0.3, -0.25) is 0 Å². The van der Waals surface area contributed by atoms with Crippen molar-refractivity contribution in [2.75, 3.05) is 6.54 Å². The molecule has 0 spiro atoms. The molecule has 0 heterocycles. The molecule has 0 saturated heterocycles. The Morgan fingerprint density at radius 2 is 1.62 bits per heavy atom. The average molecular weight is 384 g/mol. The second-order valence-corrected chi connectivity index (χ2v) is 6.43. The molecule has 0 atom stereocenters. The van der Waals surface area contributed by atoms with E-state index in [1.165, 1.54) is 0 Å². The highest BCUT2D eigenvalue weighted by molar-refractivity contribution is 6.51. The maximum atomic E-state index is 6.33. The summed E-state index contributed by atoms with van der Waals surface area (Å²) in [7, 11) is 0. The van der Waals surface area contributed by atoms with Gasteiger partial charge in [-0.25, -0.2) is 0 Å². The van der Waals surface area contributed by atoms with Crippen LogP contribution in [0.25, 0.3) is 11.1 Å². The Bertz CT molecular complexity index is 670. The molecule has 0 aliphatic rings. The van der Waals surface area contributed by atoms with Crippen molar-refractivity contribution in [3.05, 3.63) is 54.9 Å². The molecule has 112 valence electrons. The first kappa shape index (κ1) is 17.2. The van der Waals surface area contributed by atoms with Crippen LogP contribution in [0.4, 0.5) is 0 Å². The molecule has 0 fully saturated rings. The number of hydrogen-bond donors (Lipinski definition) is 1. The summed E-state index contributed by atoms with van der Waals surface area (Å²) in [5.74, 6) is 0. The Hall–Kier alpha value is -0.150. The summed E-state index contributed by atoms with van der Waals surface area (Å²) < 4.78 is 0. The number of benzene rings is 2. The first-order valence-corrected chi connectivity index (χ1v) is 8.17. The first-order valence-electron chi connectivity index (χ1n) is 6.28. The van der Waals surface area contributed by atoms with E-state index < -0.39 is 0 Å². The Balaban J connectivity index is 2.66. The fourth-order valence-corrected chi connectivity index (χ4v) is 3.30. The van der Waals surface area contributed by atoms with E-state index >= 15 is 0 Å². The number of hydrogen-bond acceptors (Lipinski definition) is 1. The molecule has 6 heteroatoms. The largest absolute Gasteiger partial charge is 0.313 e. The number of halogens is 5. The summed E-state index contributed by atoms with van der Waals surface area (Å²) in [4.78, 5) is 0. The molecule has 0 amide bonds. The third-order valence-corrected chi connectivity index (χ3v) is 4.82. The smallest absolute Gasteiger partial charge is 0.0785 e. The van der Waals surface area contributed by atoms with Crippen molar-refractivity contribution >= 4 is 58.0 Å². The molecule has 0 aromatic heterocycles.